The summed E-state index contributed by atoms with van der Waals surface area (Å²) in [6, 6.07) is 9.97. The summed E-state index contributed by atoms with van der Waals surface area (Å²) in [4.78, 5) is 16.9. The van der Waals surface area contributed by atoms with Gasteiger partial charge in [0.1, 0.15) is 0 Å². The van der Waals surface area contributed by atoms with E-state index in [0.717, 1.165) is 28.6 Å². The van der Waals surface area contributed by atoms with Gasteiger partial charge in [0.2, 0.25) is 10.0 Å². The molecule has 0 radical (unpaired) electrons. The number of carbonyl (C=O) groups excluding carboxylic acids is 1. The molecule has 0 aliphatic carbocycles. The minimum absolute atomic E-state index is 0.126. The third-order valence-electron chi connectivity index (χ3n) is 3.94. The average Bonchev–Trinajstić information content (AvgIpc) is 2.67. The summed E-state index contributed by atoms with van der Waals surface area (Å²) in [5, 5.41) is 6.19. The van der Waals surface area contributed by atoms with Gasteiger partial charge in [0, 0.05) is 19.8 Å². The third kappa shape index (κ3) is 6.04. The standard InChI is InChI=1S/C19H20F3N3O4S/c1-13(14-4-10-17(11-5-14)30(27,28)25(2)3)24-29-12-18(26)23-16-8-6-15(7-9-16)19(20,21)22/h4-11H,12H2,1-3H3,(H,23,26). The van der Waals surface area contributed by atoms with Crippen LogP contribution in [0.25, 0.3) is 0 Å². The van der Waals surface area contributed by atoms with Gasteiger partial charge in [-0.15, -0.1) is 0 Å². The molecule has 0 unspecified atom stereocenters. The summed E-state index contributed by atoms with van der Waals surface area (Å²) in [6.45, 7) is 1.16. The largest absolute Gasteiger partial charge is 0.416 e. The SMILES string of the molecule is CC(=NOCC(=O)Nc1ccc(C(F)(F)F)cc1)c1ccc(S(=O)(=O)N(C)C)cc1. The molecule has 0 saturated heterocycles. The van der Waals surface area contributed by atoms with Gasteiger partial charge in [-0.05, 0) is 48.9 Å². The Hall–Kier alpha value is -2.92. The first-order chi connectivity index (χ1) is 13.9. The van der Waals surface area contributed by atoms with Gasteiger partial charge < -0.3 is 10.2 Å². The van der Waals surface area contributed by atoms with Gasteiger partial charge in [0.05, 0.1) is 16.2 Å². The van der Waals surface area contributed by atoms with E-state index < -0.39 is 34.3 Å². The zero-order valence-electron chi connectivity index (χ0n) is 16.4. The third-order valence-corrected chi connectivity index (χ3v) is 5.77. The Morgan fingerprint density at radius 2 is 1.63 bits per heavy atom. The van der Waals surface area contributed by atoms with E-state index in [0.29, 0.717) is 11.3 Å². The fourth-order valence-electron chi connectivity index (χ4n) is 2.26. The van der Waals surface area contributed by atoms with Crippen LogP contribution in [0.2, 0.25) is 0 Å². The Bertz CT molecular complexity index is 1020. The van der Waals surface area contributed by atoms with Gasteiger partial charge in [0.15, 0.2) is 6.61 Å². The topological polar surface area (TPSA) is 88.1 Å². The molecule has 162 valence electrons. The zero-order valence-corrected chi connectivity index (χ0v) is 17.2. The summed E-state index contributed by atoms with van der Waals surface area (Å²) in [6.07, 6.45) is -4.45. The lowest BCUT2D eigenvalue weighted by atomic mass is 10.1. The van der Waals surface area contributed by atoms with E-state index in [1.807, 2.05) is 0 Å². The number of amides is 1. The zero-order chi connectivity index (χ0) is 22.5. The minimum Gasteiger partial charge on any atom is -0.385 e. The molecule has 0 heterocycles. The molecule has 7 nitrogen and oxygen atoms in total. The fourth-order valence-corrected chi connectivity index (χ4v) is 3.16. The predicted octanol–water partition coefficient (Wildman–Crippen LogP) is 3.34. The highest BCUT2D eigenvalue weighted by Crippen LogP contribution is 2.29. The molecule has 2 rings (SSSR count). The van der Waals surface area contributed by atoms with Crippen molar-refractivity contribution in [1.29, 1.82) is 0 Å². The molecule has 2 aromatic rings. The Morgan fingerprint density at radius 1 is 1.07 bits per heavy atom. The number of hydrogen-bond donors (Lipinski definition) is 1. The molecule has 2 aromatic carbocycles. The van der Waals surface area contributed by atoms with Crippen LogP contribution in [0, 0.1) is 0 Å². The van der Waals surface area contributed by atoms with Crippen molar-refractivity contribution in [2.45, 2.75) is 18.0 Å². The summed E-state index contributed by atoms with van der Waals surface area (Å²) >= 11 is 0. The molecular formula is C19H20F3N3O4S. The van der Waals surface area contributed by atoms with Crippen LogP contribution in [0.15, 0.2) is 58.6 Å². The molecular weight excluding hydrogens is 423 g/mol. The number of nitrogens with one attached hydrogen (secondary N) is 1. The molecule has 1 amide bonds. The Kier molecular flexibility index (Phi) is 7.21. The highest BCUT2D eigenvalue weighted by atomic mass is 32.2. The van der Waals surface area contributed by atoms with Crippen molar-refractivity contribution in [2.24, 2.45) is 5.16 Å². The first-order valence-electron chi connectivity index (χ1n) is 8.58. The van der Waals surface area contributed by atoms with Gasteiger partial charge in [-0.3, -0.25) is 4.79 Å². The molecule has 0 bridgehead atoms. The summed E-state index contributed by atoms with van der Waals surface area (Å²) < 4.78 is 62.8. The van der Waals surface area contributed by atoms with E-state index in [-0.39, 0.29) is 10.6 Å². The number of anilines is 1. The molecule has 0 spiro atoms. The van der Waals surface area contributed by atoms with Crippen molar-refractivity contribution >= 4 is 27.3 Å². The number of hydrogen-bond acceptors (Lipinski definition) is 5. The Morgan fingerprint density at radius 3 is 2.13 bits per heavy atom. The molecule has 0 aliphatic heterocycles. The molecule has 1 N–H and O–H groups in total. The van der Waals surface area contributed by atoms with E-state index >= 15 is 0 Å². The summed E-state index contributed by atoms with van der Waals surface area (Å²) in [7, 11) is -0.681. The lowest BCUT2D eigenvalue weighted by Gasteiger charge is -2.11. The number of benzene rings is 2. The number of oxime groups is 1. The van der Waals surface area contributed by atoms with Crippen LogP contribution in [-0.2, 0) is 25.8 Å². The number of sulfonamides is 1. The van der Waals surface area contributed by atoms with Gasteiger partial charge in [-0.2, -0.15) is 13.2 Å². The van der Waals surface area contributed by atoms with E-state index in [1.165, 1.54) is 26.2 Å². The summed E-state index contributed by atoms with van der Waals surface area (Å²) in [5.41, 5.74) is 0.373. The van der Waals surface area contributed by atoms with E-state index in [2.05, 4.69) is 10.5 Å². The fraction of sp³-hybridized carbons (Fsp3) is 0.263. The number of rotatable bonds is 7. The quantitative estimate of drug-likeness (QED) is 0.525. The second-order valence-corrected chi connectivity index (χ2v) is 8.54. The van der Waals surface area contributed by atoms with Gasteiger partial charge in [0.25, 0.3) is 5.91 Å². The predicted molar refractivity (Wildman–Crippen MR) is 106 cm³/mol. The van der Waals surface area contributed by atoms with Crippen LogP contribution in [-0.4, -0.2) is 45.0 Å². The van der Waals surface area contributed by atoms with Crippen LogP contribution >= 0.6 is 0 Å². The maximum absolute atomic E-state index is 12.5. The number of nitrogens with zero attached hydrogens (tertiary/aromatic N) is 2. The number of halogens is 3. The first-order valence-corrected chi connectivity index (χ1v) is 10.0. The van der Waals surface area contributed by atoms with Crippen LogP contribution < -0.4 is 5.32 Å². The van der Waals surface area contributed by atoms with Crippen molar-refractivity contribution in [2.75, 3.05) is 26.0 Å². The molecule has 0 atom stereocenters. The van der Waals surface area contributed by atoms with Crippen molar-refractivity contribution in [3.05, 3.63) is 59.7 Å². The monoisotopic (exact) mass is 443 g/mol. The van der Waals surface area contributed by atoms with E-state index in [9.17, 15) is 26.4 Å². The molecule has 0 aromatic heterocycles. The van der Waals surface area contributed by atoms with Crippen LogP contribution in [0.4, 0.5) is 18.9 Å². The molecule has 0 saturated carbocycles. The molecule has 30 heavy (non-hydrogen) atoms. The second kappa shape index (κ2) is 9.26. The lowest BCUT2D eigenvalue weighted by molar-refractivity contribution is -0.137. The Labute approximate surface area is 172 Å². The Balaban J connectivity index is 1.92. The molecule has 11 heteroatoms. The maximum atomic E-state index is 12.5. The molecule has 0 fully saturated rings. The highest BCUT2D eigenvalue weighted by Gasteiger charge is 2.30. The van der Waals surface area contributed by atoms with Crippen LogP contribution in [0.5, 0.6) is 0 Å². The lowest BCUT2D eigenvalue weighted by Crippen LogP contribution is -2.22. The maximum Gasteiger partial charge on any atom is 0.416 e. The smallest absolute Gasteiger partial charge is 0.385 e. The normalized spacial score (nSPS) is 12.7. The van der Waals surface area contributed by atoms with Crippen molar-refractivity contribution in [3.8, 4) is 0 Å². The highest BCUT2D eigenvalue weighted by molar-refractivity contribution is 7.89. The van der Waals surface area contributed by atoms with E-state index in [1.54, 1.807) is 19.1 Å². The van der Waals surface area contributed by atoms with Gasteiger partial charge >= 0.3 is 6.18 Å². The van der Waals surface area contributed by atoms with Crippen LogP contribution in [0.1, 0.15) is 18.1 Å². The minimum atomic E-state index is -4.45. The second-order valence-electron chi connectivity index (χ2n) is 6.39. The van der Waals surface area contributed by atoms with Crippen molar-refractivity contribution in [3.63, 3.8) is 0 Å². The van der Waals surface area contributed by atoms with E-state index in [4.69, 9.17) is 4.84 Å². The average molecular weight is 443 g/mol. The summed E-state index contributed by atoms with van der Waals surface area (Å²) in [5.74, 6) is -0.598. The first kappa shape index (κ1) is 23.4. The van der Waals surface area contributed by atoms with Gasteiger partial charge in [-0.25, -0.2) is 12.7 Å². The van der Waals surface area contributed by atoms with Crippen LogP contribution in [0.3, 0.4) is 0 Å². The van der Waals surface area contributed by atoms with Gasteiger partial charge in [-0.1, -0.05) is 17.3 Å². The number of alkyl halides is 3. The molecule has 0 aliphatic rings. The van der Waals surface area contributed by atoms with Crippen molar-refractivity contribution < 1.29 is 31.2 Å². The van der Waals surface area contributed by atoms with Crippen molar-refractivity contribution in [1.82, 2.24) is 4.31 Å². The number of carbonyl (C=O) groups is 1.